The highest BCUT2D eigenvalue weighted by atomic mass is 35.5. The summed E-state index contributed by atoms with van der Waals surface area (Å²) in [5, 5.41) is 5.87. The number of hydrogen-bond donors (Lipinski definition) is 2. The van der Waals surface area contributed by atoms with Gasteiger partial charge in [-0.15, -0.1) is 0 Å². The number of furan rings is 1. The minimum atomic E-state index is -0.715. The monoisotopic (exact) mass is 446 g/mol. The summed E-state index contributed by atoms with van der Waals surface area (Å²) in [6.07, 6.45) is 1.39. The van der Waals surface area contributed by atoms with Gasteiger partial charge in [0.1, 0.15) is 0 Å². The van der Waals surface area contributed by atoms with Crippen LogP contribution in [0.2, 0.25) is 10.0 Å². The topological polar surface area (TPSA) is 97.6 Å². The molecule has 3 aromatic rings. The quantitative estimate of drug-likeness (QED) is 0.522. The van der Waals surface area contributed by atoms with Crippen LogP contribution in [0.1, 0.15) is 26.5 Å². The third-order valence-corrected chi connectivity index (χ3v) is 4.74. The molecule has 0 saturated carbocycles. The number of carbonyl (C=O) groups is 3. The molecule has 2 amide bonds. The first kappa shape index (κ1) is 21.4. The van der Waals surface area contributed by atoms with E-state index >= 15 is 0 Å². The molecular formula is C21H16Cl2N2O5. The molecule has 3 rings (SSSR count). The average Bonchev–Trinajstić information content (AvgIpc) is 3.25. The molecule has 0 aliphatic rings. The molecule has 0 saturated heterocycles. The minimum absolute atomic E-state index is 0.140. The Hall–Kier alpha value is -3.29. The summed E-state index contributed by atoms with van der Waals surface area (Å²) in [4.78, 5) is 36.5. The number of anilines is 2. The maximum atomic E-state index is 12.3. The second kappa shape index (κ2) is 9.47. The maximum absolute atomic E-state index is 12.3. The molecule has 0 aliphatic carbocycles. The number of halogens is 2. The molecule has 154 valence electrons. The predicted molar refractivity (Wildman–Crippen MR) is 113 cm³/mol. The third-order valence-electron chi connectivity index (χ3n) is 4.00. The highest BCUT2D eigenvalue weighted by molar-refractivity contribution is 6.42. The molecule has 0 spiro atoms. The summed E-state index contributed by atoms with van der Waals surface area (Å²) >= 11 is 11.7. The van der Waals surface area contributed by atoms with Gasteiger partial charge in [-0.25, -0.2) is 4.79 Å². The summed E-state index contributed by atoms with van der Waals surface area (Å²) in [5.41, 5.74) is 1.76. The molecule has 1 aromatic heterocycles. The zero-order valence-electron chi connectivity index (χ0n) is 15.7. The van der Waals surface area contributed by atoms with E-state index in [1.807, 2.05) is 0 Å². The van der Waals surface area contributed by atoms with E-state index in [1.165, 1.54) is 36.6 Å². The van der Waals surface area contributed by atoms with Gasteiger partial charge in [-0.05, 0) is 55.0 Å². The van der Waals surface area contributed by atoms with Crippen molar-refractivity contribution in [1.29, 1.82) is 0 Å². The van der Waals surface area contributed by atoms with Gasteiger partial charge in [0.2, 0.25) is 0 Å². The molecular weight excluding hydrogens is 431 g/mol. The fraction of sp³-hybridized carbons (Fsp3) is 0.0952. The summed E-state index contributed by atoms with van der Waals surface area (Å²) in [7, 11) is 0. The number of ether oxygens (including phenoxy) is 1. The molecule has 30 heavy (non-hydrogen) atoms. The van der Waals surface area contributed by atoms with Gasteiger partial charge in [0.25, 0.3) is 11.8 Å². The fourth-order valence-corrected chi connectivity index (χ4v) is 2.76. The second-order valence-electron chi connectivity index (χ2n) is 6.21. The van der Waals surface area contributed by atoms with Crippen LogP contribution in [0.15, 0.2) is 59.2 Å². The fourth-order valence-electron chi connectivity index (χ4n) is 2.46. The Morgan fingerprint density at radius 2 is 1.80 bits per heavy atom. The van der Waals surface area contributed by atoms with Crippen molar-refractivity contribution in [2.24, 2.45) is 0 Å². The highest BCUT2D eigenvalue weighted by Crippen LogP contribution is 2.25. The Labute approximate surface area is 181 Å². The van der Waals surface area contributed by atoms with Crippen molar-refractivity contribution in [3.05, 3.63) is 81.7 Å². The number of aryl methyl sites for hydroxylation is 1. The molecule has 2 N–H and O–H groups in total. The van der Waals surface area contributed by atoms with E-state index in [2.05, 4.69) is 10.6 Å². The van der Waals surface area contributed by atoms with Gasteiger partial charge in [-0.1, -0.05) is 29.3 Å². The van der Waals surface area contributed by atoms with Crippen LogP contribution < -0.4 is 10.6 Å². The first-order valence-corrected chi connectivity index (χ1v) is 9.46. The van der Waals surface area contributed by atoms with Crippen molar-refractivity contribution in [3.8, 4) is 0 Å². The molecule has 0 fully saturated rings. The lowest BCUT2D eigenvalue weighted by Crippen LogP contribution is -2.21. The first-order chi connectivity index (χ1) is 14.3. The minimum Gasteiger partial charge on any atom is -0.459 e. The molecule has 0 atom stereocenters. The number of rotatable bonds is 6. The van der Waals surface area contributed by atoms with E-state index in [4.69, 9.17) is 32.4 Å². The van der Waals surface area contributed by atoms with Crippen LogP contribution in [0.25, 0.3) is 0 Å². The van der Waals surface area contributed by atoms with Gasteiger partial charge >= 0.3 is 5.97 Å². The van der Waals surface area contributed by atoms with E-state index in [1.54, 1.807) is 25.1 Å². The van der Waals surface area contributed by atoms with E-state index in [0.29, 0.717) is 16.4 Å². The van der Waals surface area contributed by atoms with Crippen LogP contribution in [0.5, 0.6) is 0 Å². The zero-order valence-corrected chi connectivity index (χ0v) is 17.2. The molecule has 9 heteroatoms. The SMILES string of the molecule is Cc1ccc(C(=O)OCC(=O)Nc2ccc(Cl)c(Cl)c2)cc1NC(=O)c1ccco1. The summed E-state index contributed by atoms with van der Waals surface area (Å²) in [6.45, 7) is 1.28. The number of benzene rings is 2. The summed E-state index contributed by atoms with van der Waals surface area (Å²) in [6, 6.07) is 12.4. The van der Waals surface area contributed by atoms with Crippen molar-refractivity contribution < 1.29 is 23.5 Å². The van der Waals surface area contributed by atoms with Gasteiger partial charge in [0.15, 0.2) is 12.4 Å². The van der Waals surface area contributed by atoms with E-state index in [0.717, 1.165) is 5.56 Å². The van der Waals surface area contributed by atoms with Crippen molar-refractivity contribution in [1.82, 2.24) is 0 Å². The number of hydrogen-bond acceptors (Lipinski definition) is 5. The van der Waals surface area contributed by atoms with Crippen molar-refractivity contribution >= 4 is 52.4 Å². The van der Waals surface area contributed by atoms with Crippen LogP contribution >= 0.6 is 23.2 Å². The Kier molecular flexibility index (Phi) is 6.76. The Balaban J connectivity index is 1.60. The van der Waals surface area contributed by atoms with Gasteiger partial charge in [-0.3, -0.25) is 9.59 Å². The Bertz CT molecular complexity index is 1100. The van der Waals surface area contributed by atoms with Gasteiger partial charge in [0.05, 0.1) is 21.9 Å². The van der Waals surface area contributed by atoms with Crippen LogP contribution in [0.4, 0.5) is 11.4 Å². The maximum Gasteiger partial charge on any atom is 0.338 e. The predicted octanol–water partition coefficient (Wildman–Crippen LogP) is 4.94. The molecule has 0 unspecified atom stereocenters. The molecule has 0 radical (unpaired) electrons. The second-order valence-corrected chi connectivity index (χ2v) is 7.03. The van der Waals surface area contributed by atoms with Crippen LogP contribution in [-0.2, 0) is 9.53 Å². The number of nitrogens with one attached hydrogen (secondary N) is 2. The Morgan fingerprint density at radius 3 is 2.50 bits per heavy atom. The van der Waals surface area contributed by atoms with Gasteiger partial charge in [0, 0.05) is 11.4 Å². The van der Waals surface area contributed by atoms with Crippen LogP contribution in [0.3, 0.4) is 0 Å². The smallest absolute Gasteiger partial charge is 0.338 e. The Morgan fingerprint density at radius 1 is 1.00 bits per heavy atom. The highest BCUT2D eigenvalue weighted by Gasteiger charge is 2.15. The van der Waals surface area contributed by atoms with E-state index < -0.39 is 24.4 Å². The number of carbonyl (C=O) groups excluding carboxylic acids is 3. The van der Waals surface area contributed by atoms with Crippen molar-refractivity contribution in [2.45, 2.75) is 6.92 Å². The molecule has 1 heterocycles. The third kappa shape index (κ3) is 5.40. The van der Waals surface area contributed by atoms with E-state index in [9.17, 15) is 14.4 Å². The van der Waals surface area contributed by atoms with Crippen molar-refractivity contribution in [3.63, 3.8) is 0 Å². The summed E-state index contributed by atoms with van der Waals surface area (Å²) in [5.74, 6) is -1.57. The number of amides is 2. The first-order valence-electron chi connectivity index (χ1n) is 8.71. The normalized spacial score (nSPS) is 10.4. The molecule has 0 bridgehead atoms. The average molecular weight is 447 g/mol. The van der Waals surface area contributed by atoms with Crippen molar-refractivity contribution in [2.75, 3.05) is 17.2 Å². The van der Waals surface area contributed by atoms with Gasteiger partial charge < -0.3 is 19.8 Å². The largest absolute Gasteiger partial charge is 0.459 e. The summed E-state index contributed by atoms with van der Waals surface area (Å²) < 4.78 is 10.1. The zero-order chi connectivity index (χ0) is 21.7. The van der Waals surface area contributed by atoms with E-state index in [-0.39, 0.29) is 16.3 Å². The standard InChI is InChI=1S/C21H16Cl2N2O5/c1-12-4-5-13(9-17(12)25-20(27)18-3-2-8-29-18)21(28)30-11-19(26)24-14-6-7-15(22)16(23)10-14/h2-10H,11H2,1H3,(H,24,26)(H,25,27). The van der Waals surface area contributed by atoms with Crippen LogP contribution in [-0.4, -0.2) is 24.4 Å². The molecule has 7 nitrogen and oxygen atoms in total. The number of esters is 1. The van der Waals surface area contributed by atoms with Crippen LogP contribution in [0, 0.1) is 6.92 Å². The molecule has 0 aliphatic heterocycles. The lowest BCUT2D eigenvalue weighted by Gasteiger charge is -2.10. The lowest BCUT2D eigenvalue weighted by molar-refractivity contribution is -0.119. The lowest BCUT2D eigenvalue weighted by atomic mass is 10.1. The van der Waals surface area contributed by atoms with Gasteiger partial charge in [-0.2, -0.15) is 0 Å². The molecule has 2 aromatic carbocycles.